The summed E-state index contributed by atoms with van der Waals surface area (Å²) in [4.78, 5) is 3.16. The zero-order valence-corrected chi connectivity index (χ0v) is 6.50. The quantitative estimate of drug-likeness (QED) is 0.478. The van der Waals surface area contributed by atoms with Crippen LogP contribution in [0, 0.1) is 0 Å². The van der Waals surface area contributed by atoms with Crippen molar-refractivity contribution in [1.29, 1.82) is 0 Å². The Labute approximate surface area is 43.4 Å². The summed E-state index contributed by atoms with van der Waals surface area (Å²) < 4.78 is 0. The molecule has 3 heteroatoms. The molecule has 0 saturated carbocycles. The highest BCUT2D eigenvalue weighted by molar-refractivity contribution is 7.14. The predicted octanol–water partition coefficient (Wildman–Crippen LogP) is 0.0761. The zero-order chi connectivity index (χ0) is 5.21. The fourth-order valence-corrected chi connectivity index (χ4v) is 0. The maximum atomic E-state index is 3.55. The Balaban J connectivity index is 3.17. The molecule has 0 atom stereocenters. The van der Waals surface area contributed by atoms with Crippen molar-refractivity contribution in [3.05, 3.63) is 0 Å². The minimum atomic E-state index is -1.08. The van der Waals surface area contributed by atoms with Crippen molar-refractivity contribution in [2.75, 3.05) is 7.05 Å². The first kappa shape index (κ1) is 6.39. The van der Waals surface area contributed by atoms with Crippen LogP contribution in [0.2, 0.25) is 13.1 Å². The zero-order valence-electron chi connectivity index (χ0n) is 4.50. The second-order valence-corrected chi connectivity index (χ2v) is 9.38. The van der Waals surface area contributed by atoms with Crippen LogP contribution in [0.15, 0.2) is 0 Å². The molecule has 0 unspecified atom stereocenters. The van der Waals surface area contributed by atoms with Crippen LogP contribution in [0.25, 0.3) is 0 Å². The Bertz CT molecular complexity index is 38.5. The first-order chi connectivity index (χ1) is 2.56. The molecule has 0 rings (SSSR count). The topological polar surface area (TPSA) is 12.0 Å². The van der Waals surface area contributed by atoms with Crippen LogP contribution in [-0.4, -0.2) is 24.6 Å². The minimum Gasteiger partial charge on any atom is -0.343 e. The van der Waals surface area contributed by atoms with Gasteiger partial charge < -0.3 is 4.98 Å². The summed E-state index contributed by atoms with van der Waals surface area (Å²) in [6, 6.07) is 0. The molecule has 0 fully saturated rings. The normalized spacial score (nSPS) is 12.0. The van der Waals surface area contributed by atoms with E-state index >= 15 is 0 Å². The molecule has 0 spiro atoms. The second-order valence-electron chi connectivity index (χ2n) is 1.88. The molecule has 0 aromatic carbocycles. The summed E-state index contributed by atoms with van der Waals surface area (Å²) in [5.41, 5.74) is 0. The van der Waals surface area contributed by atoms with E-state index in [1.54, 1.807) is 0 Å². The van der Waals surface area contributed by atoms with E-state index in [-0.39, 0.29) is 0 Å². The predicted molar refractivity (Wildman–Crippen MR) is 32.3 cm³/mol. The molecule has 1 N–H and O–H groups in total. The van der Waals surface area contributed by atoms with Gasteiger partial charge >= 0.3 is 0 Å². The second kappa shape index (κ2) is 1.90. The molecule has 0 aliphatic rings. The van der Waals surface area contributed by atoms with E-state index in [1.807, 2.05) is 7.05 Å². The lowest BCUT2D eigenvalue weighted by Gasteiger charge is -2.11. The summed E-state index contributed by atoms with van der Waals surface area (Å²) >= 11 is 0. The first-order valence-electron chi connectivity index (χ1n) is 2.00. The molecule has 6 heavy (non-hydrogen) atoms. The van der Waals surface area contributed by atoms with Crippen molar-refractivity contribution in [3.63, 3.8) is 0 Å². The van der Waals surface area contributed by atoms with Crippen LogP contribution in [-0.2, 0) is 0 Å². The third-order valence-electron chi connectivity index (χ3n) is 0.625. The third-order valence-corrected chi connectivity index (χ3v) is 2.62. The Morgan fingerprint density at radius 3 is 1.67 bits per heavy atom. The van der Waals surface area contributed by atoms with Gasteiger partial charge in [-0.15, -0.1) is 0 Å². The summed E-state index contributed by atoms with van der Waals surface area (Å²) in [6.07, 6.45) is 0. The van der Waals surface area contributed by atoms with Crippen LogP contribution in [0.5, 0.6) is 0 Å². The van der Waals surface area contributed by atoms with E-state index in [9.17, 15) is 0 Å². The maximum absolute atomic E-state index is 3.55. The third kappa shape index (κ3) is 4.39. The summed E-state index contributed by atoms with van der Waals surface area (Å²) in [5.74, 6) is 0. The van der Waals surface area contributed by atoms with Crippen molar-refractivity contribution in [1.82, 2.24) is 4.98 Å². The lowest BCUT2D eigenvalue weighted by atomic mass is 11.6. The van der Waals surface area contributed by atoms with E-state index in [2.05, 4.69) is 27.8 Å². The number of nitrogens with one attached hydrogen (secondary N) is 1. The van der Waals surface area contributed by atoms with Crippen molar-refractivity contribution in [3.8, 4) is 0 Å². The lowest BCUT2D eigenvalue weighted by Crippen LogP contribution is -2.42. The van der Waals surface area contributed by atoms with Gasteiger partial charge in [-0.2, -0.15) is 0 Å². The summed E-state index contributed by atoms with van der Waals surface area (Å²) in [6.45, 7) is 4.37. The van der Waals surface area contributed by atoms with Gasteiger partial charge in [-0.1, -0.05) is 13.1 Å². The standard InChI is InChI=1S/C3H10NSi2/c1-4-6(2,3)5/h4H,1-3H3. The van der Waals surface area contributed by atoms with E-state index in [0.717, 1.165) is 0 Å². The molecule has 0 aromatic rings. The van der Waals surface area contributed by atoms with E-state index in [1.165, 1.54) is 0 Å². The molecule has 0 aliphatic heterocycles. The molecule has 0 amide bonds. The lowest BCUT2D eigenvalue weighted by molar-refractivity contribution is 1.20. The highest BCUT2D eigenvalue weighted by Gasteiger charge is 2.06. The van der Waals surface area contributed by atoms with Gasteiger partial charge in [0.05, 0.1) is 7.75 Å². The minimum absolute atomic E-state index is 1.08. The molecule has 0 aliphatic carbocycles. The van der Waals surface area contributed by atoms with E-state index < -0.39 is 7.75 Å². The highest BCUT2D eigenvalue weighted by Crippen LogP contribution is 1.82. The van der Waals surface area contributed by atoms with Crippen LogP contribution in [0.3, 0.4) is 0 Å². The van der Waals surface area contributed by atoms with Gasteiger partial charge in [0.1, 0.15) is 0 Å². The molecule has 0 bridgehead atoms. The van der Waals surface area contributed by atoms with Crippen molar-refractivity contribution >= 4 is 17.5 Å². The van der Waals surface area contributed by atoms with E-state index in [4.69, 9.17) is 0 Å². The molecule has 1 nitrogen and oxygen atoms in total. The van der Waals surface area contributed by atoms with Crippen molar-refractivity contribution in [2.24, 2.45) is 0 Å². The van der Waals surface area contributed by atoms with Crippen LogP contribution in [0.1, 0.15) is 0 Å². The van der Waals surface area contributed by atoms with Gasteiger partial charge in [-0.25, -0.2) is 0 Å². The van der Waals surface area contributed by atoms with Gasteiger partial charge in [0, 0.05) is 9.76 Å². The fourth-order valence-electron chi connectivity index (χ4n) is 0. The molecule has 0 aromatic heterocycles. The summed E-state index contributed by atoms with van der Waals surface area (Å²) in [7, 11) is 4.45. The van der Waals surface area contributed by atoms with Crippen molar-refractivity contribution in [2.45, 2.75) is 13.1 Å². The van der Waals surface area contributed by atoms with Gasteiger partial charge in [0.15, 0.2) is 0 Å². The van der Waals surface area contributed by atoms with Gasteiger partial charge in [0.2, 0.25) is 0 Å². The molecule has 0 saturated heterocycles. The SMILES string of the molecule is CN[Si](C)(C)[Si]. The van der Waals surface area contributed by atoms with Crippen molar-refractivity contribution < 1.29 is 0 Å². The number of hydrogen-bond acceptors (Lipinski definition) is 1. The van der Waals surface area contributed by atoms with Crippen LogP contribution < -0.4 is 4.98 Å². The summed E-state index contributed by atoms with van der Waals surface area (Å²) in [5, 5.41) is 0. The van der Waals surface area contributed by atoms with E-state index in [0.29, 0.717) is 0 Å². The largest absolute Gasteiger partial charge is 0.343 e. The average Bonchev–Trinajstić information content (AvgIpc) is 1.35. The Morgan fingerprint density at radius 2 is 1.67 bits per heavy atom. The van der Waals surface area contributed by atoms with Gasteiger partial charge in [-0.3, -0.25) is 0 Å². The van der Waals surface area contributed by atoms with Crippen LogP contribution >= 0.6 is 0 Å². The fraction of sp³-hybridized carbons (Fsp3) is 1.00. The Kier molecular flexibility index (Phi) is 2.03. The molecule has 35 valence electrons. The number of rotatable bonds is 1. The molecule has 0 heterocycles. The number of hydrogen-bond donors (Lipinski definition) is 1. The maximum Gasteiger partial charge on any atom is 0.0993 e. The van der Waals surface area contributed by atoms with Gasteiger partial charge in [-0.05, 0) is 7.05 Å². The Morgan fingerprint density at radius 1 is 1.50 bits per heavy atom. The van der Waals surface area contributed by atoms with Gasteiger partial charge in [0.25, 0.3) is 0 Å². The van der Waals surface area contributed by atoms with Crippen LogP contribution in [0.4, 0.5) is 0 Å². The Hall–Kier alpha value is 0.394. The average molecular weight is 116 g/mol. The molecular weight excluding hydrogens is 106 g/mol. The highest BCUT2D eigenvalue weighted by atomic mass is 29.2. The molecule has 3 radical (unpaired) electrons. The smallest absolute Gasteiger partial charge is 0.0993 e. The first-order valence-corrected chi connectivity index (χ1v) is 6.50. The monoisotopic (exact) mass is 116 g/mol. The molecular formula is C3H10NSi2.